The number of nitrogens with zero attached hydrogens (tertiary/aromatic N) is 3. The number of amides is 1. The van der Waals surface area contributed by atoms with Gasteiger partial charge in [-0.1, -0.05) is 25.4 Å². The minimum absolute atomic E-state index is 0.0371. The second-order valence-electron chi connectivity index (χ2n) is 7.58. The van der Waals surface area contributed by atoms with Gasteiger partial charge in [-0.05, 0) is 50.7 Å². The van der Waals surface area contributed by atoms with Crippen LogP contribution in [0.2, 0.25) is 5.02 Å². The first-order valence-electron chi connectivity index (χ1n) is 10.3. The van der Waals surface area contributed by atoms with Crippen molar-refractivity contribution in [2.24, 2.45) is 0 Å². The first-order valence-corrected chi connectivity index (χ1v) is 11.5. The minimum atomic E-state index is -4.58. The molecule has 0 aliphatic rings. The van der Waals surface area contributed by atoms with Gasteiger partial charge in [0.25, 0.3) is 5.56 Å². The molecule has 3 aromatic rings. The number of carbonyl (C=O) groups is 1. The number of aryl methyl sites for hydroxylation is 2. The zero-order chi connectivity index (χ0) is 24.5. The average Bonchev–Trinajstić information content (AvgIpc) is 3.03. The molecular weight excluding hydrogens is 477 g/mol. The molecule has 0 saturated heterocycles. The summed E-state index contributed by atoms with van der Waals surface area (Å²) in [5.41, 5.74) is -0.660. The van der Waals surface area contributed by atoms with E-state index >= 15 is 0 Å². The molecule has 6 nitrogen and oxygen atoms in total. The molecule has 33 heavy (non-hydrogen) atoms. The number of thiophene rings is 1. The molecular formula is C22H24ClF3N4O2S. The van der Waals surface area contributed by atoms with Gasteiger partial charge in [0.1, 0.15) is 17.2 Å². The van der Waals surface area contributed by atoms with Crippen LogP contribution in [0.1, 0.15) is 35.7 Å². The molecule has 0 atom stereocenters. The summed E-state index contributed by atoms with van der Waals surface area (Å²) in [4.78, 5) is 34.4. The number of carbonyl (C=O) groups excluding carboxylic acids is 1. The first kappa shape index (κ1) is 25.2. The smallest absolute Gasteiger partial charge is 0.323 e. The Hall–Kier alpha value is -2.43. The number of hydrogen-bond donors (Lipinski definition) is 1. The second-order valence-corrected chi connectivity index (χ2v) is 9.20. The quantitative estimate of drug-likeness (QED) is 0.482. The van der Waals surface area contributed by atoms with Crippen molar-refractivity contribution in [1.29, 1.82) is 0 Å². The van der Waals surface area contributed by atoms with E-state index < -0.39 is 24.2 Å². The molecule has 11 heteroatoms. The van der Waals surface area contributed by atoms with Crippen LogP contribution in [0.15, 0.2) is 23.0 Å². The summed E-state index contributed by atoms with van der Waals surface area (Å²) in [6.45, 7) is 9.08. The Kier molecular flexibility index (Phi) is 7.50. The Labute approximate surface area is 198 Å². The van der Waals surface area contributed by atoms with E-state index in [9.17, 15) is 22.8 Å². The number of alkyl halides is 3. The standard InChI is InChI=1S/C22H24ClF3N4O2S/c1-5-29(6-2)10-17-28-20-19(12(3)13(4)33-20)21(32)30(17)11-18(31)27-16-9-14(22(24,25)26)7-8-15(16)23/h7-9H,5-6,10-11H2,1-4H3,(H,27,31). The highest BCUT2D eigenvalue weighted by Crippen LogP contribution is 2.34. The molecule has 3 rings (SSSR count). The number of rotatable bonds is 7. The van der Waals surface area contributed by atoms with Crippen molar-refractivity contribution in [2.75, 3.05) is 18.4 Å². The maximum atomic E-state index is 13.3. The van der Waals surface area contributed by atoms with Gasteiger partial charge in [0.2, 0.25) is 5.91 Å². The van der Waals surface area contributed by atoms with Gasteiger partial charge >= 0.3 is 6.18 Å². The van der Waals surface area contributed by atoms with E-state index in [0.29, 0.717) is 22.6 Å². The van der Waals surface area contributed by atoms with Crippen LogP contribution in [0.25, 0.3) is 10.2 Å². The third-order valence-corrected chi connectivity index (χ3v) is 6.93. The summed E-state index contributed by atoms with van der Waals surface area (Å²) in [6.07, 6.45) is -4.58. The van der Waals surface area contributed by atoms with E-state index in [1.165, 1.54) is 15.9 Å². The summed E-state index contributed by atoms with van der Waals surface area (Å²) in [7, 11) is 0. The van der Waals surface area contributed by atoms with E-state index in [2.05, 4.69) is 15.2 Å². The van der Waals surface area contributed by atoms with Crippen LogP contribution < -0.4 is 10.9 Å². The van der Waals surface area contributed by atoms with Crippen molar-refractivity contribution >= 4 is 44.7 Å². The normalized spacial score (nSPS) is 12.0. The topological polar surface area (TPSA) is 67.2 Å². The lowest BCUT2D eigenvalue weighted by atomic mass is 10.2. The molecule has 0 aliphatic carbocycles. The van der Waals surface area contributed by atoms with Crippen LogP contribution in [0.3, 0.4) is 0 Å². The van der Waals surface area contributed by atoms with Crippen LogP contribution in [0.4, 0.5) is 18.9 Å². The Morgan fingerprint density at radius 1 is 1.24 bits per heavy atom. The minimum Gasteiger partial charge on any atom is -0.323 e. The van der Waals surface area contributed by atoms with Crippen LogP contribution in [-0.2, 0) is 24.1 Å². The highest BCUT2D eigenvalue weighted by Gasteiger charge is 2.31. The molecule has 0 unspecified atom stereocenters. The van der Waals surface area contributed by atoms with E-state index in [-0.39, 0.29) is 16.3 Å². The van der Waals surface area contributed by atoms with Gasteiger partial charge in [0.15, 0.2) is 0 Å². The monoisotopic (exact) mass is 500 g/mol. The van der Waals surface area contributed by atoms with Crippen molar-refractivity contribution in [3.63, 3.8) is 0 Å². The summed E-state index contributed by atoms with van der Waals surface area (Å²) in [6, 6.07) is 2.68. The molecule has 178 valence electrons. The van der Waals surface area contributed by atoms with Gasteiger partial charge < -0.3 is 5.32 Å². The van der Waals surface area contributed by atoms with Crippen LogP contribution in [0.5, 0.6) is 0 Å². The third-order valence-electron chi connectivity index (χ3n) is 5.50. The molecule has 0 radical (unpaired) electrons. The zero-order valence-electron chi connectivity index (χ0n) is 18.6. The lowest BCUT2D eigenvalue weighted by molar-refractivity contribution is -0.137. The molecule has 0 bridgehead atoms. The fourth-order valence-electron chi connectivity index (χ4n) is 3.43. The van der Waals surface area contributed by atoms with E-state index in [0.717, 1.165) is 41.7 Å². The predicted octanol–water partition coefficient (Wildman–Crippen LogP) is 5.23. The van der Waals surface area contributed by atoms with E-state index in [1.807, 2.05) is 27.7 Å². The van der Waals surface area contributed by atoms with Crippen molar-refractivity contribution < 1.29 is 18.0 Å². The molecule has 2 aromatic heterocycles. The number of halogens is 4. The maximum Gasteiger partial charge on any atom is 0.416 e. The van der Waals surface area contributed by atoms with Crippen molar-refractivity contribution in [1.82, 2.24) is 14.5 Å². The second kappa shape index (κ2) is 9.82. The van der Waals surface area contributed by atoms with E-state index in [1.54, 1.807) is 0 Å². The zero-order valence-corrected chi connectivity index (χ0v) is 20.2. The molecule has 0 saturated carbocycles. The molecule has 1 N–H and O–H groups in total. The Morgan fingerprint density at radius 2 is 1.91 bits per heavy atom. The predicted molar refractivity (Wildman–Crippen MR) is 125 cm³/mol. The number of anilines is 1. The van der Waals surface area contributed by atoms with Crippen LogP contribution >= 0.6 is 22.9 Å². The number of nitrogens with one attached hydrogen (secondary N) is 1. The largest absolute Gasteiger partial charge is 0.416 e. The molecule has 1 aromatic carbocycles. The number of hydrogen-bond acceptors (Lipinski definition) is 5. The van der Waals surface area contributed by atoms with Gasteiger partial charge in [-0.3, -0.25) is 19.1 Å². The number of aromatic nitrogens is 2. The van der Waals surface area contributed by atoms with Gasteiger partial charge in [0, 0.05) is 4.88 Å². The van der Waals surface area contributed by atoms with Crippen LogP contribution in [0, 0.1) is 13.8 Å². The van der Waals surface area contributed by atoms with Crippen molar-refractivity contribution in [3.05, 3.63) is 55.4 Å². The van der Waals surface area contributed by atoms with E-state index in [4.69, 9.17) is 11.6 Å². The first-order chi connectivity index (χ1) is 15.5. The number of fused-ring (bicyclic) bond motifs is 1. The molecule has 0 spiro atoms. The van der Waals surface area contributed by atoms with Crippen LogP contribution in [-0.4, -0.2) is 33.4 Å². The highest BCUT2D eigenvalue weighted by molar-refractivity contribution is 7.18. The fourth-order valence-corrected chi connectivity index (χ4v) is 4.63. The molecule has 0 fully saturated rings. The molecule has 0 aliphatic heterocycles. The van der Waals surface area contributed by atoms with Gasteiger partial charge in [-0.25, -0.2) is 4.98 Å². The summed E-state index contributed by atoms with van der Waals surface area (Å²) in [5, 5.41) is 2.82. The highest BCUT2D eigenvalue weighted by atomic mass is 35.5. The summed E-state index contributed by atoms with van der Waals surface area (Å²) in [5.74, 6) is -0.257. The lowest BCUT2D eigenvalue weighted by Gasteiger charge is -2.20. The summed E-state index contributed by atoms with van der Waals surface area (Å²) < 4.78 is 40.4. The van der Waals surface area contributed by atoms with Gasteiger partial charge in [0.05, 0.1) is 28.2 Å². The molecule has 2 heterocycles. The Bertz CT molecular complexity index is 1250. The fraction of sp³-hybridized carbons (Fsp3) is 0.409. The maximum absolute atomic E-state index is 13.3. The van der Waals surface area contributed by atoms with Crippen molar-refractivity contribution in [3.8, 4) is 0 Å². The molecule has 1 amide bonds. The lowest BCUT2D eigenvalue weighted by Crippen LogP contribution is -2.34. The van der Waals surface area contributed by atoms with Crippen molar-refractivity contribution in [2.45, 2.75) is 47.0 Å². The average molecular weight is 501 g/mol. The van der Waals surface area contributed by atoms with Gasteiger partial charge in [-0.15, -0.1) is 11.3 Å². The Morgan fingerprint density at radius 3 is 2.52 bits per heavy atom. The third kappa shape index (κ3) is 5.39. The number of benzene rings is 1. The summed E-state index contributed by atoms with van der Waals surface area (Å²) >= 11 is 7.41. The SMILES string of the molecule is CCN(CC)Cc1nc2sc(C)c(C)c2c(=O)n1CC(=O)Nc1cc(C(F)(F)F)ccc1Cl. The van der Waals surface area contributed by atoms with Gasteiger partial charge in [-0.2, -0.15) is 13.2 Å². The Balaban J connectivity index is 2.00.